The van der Waals surface area contributed by atoms with E-state index >= 15 is 0 Å². The van der Waals surface area contributed by atoms with Crippen molar-refractivity contribution in [3.8, 4) is 0 Å². The smallest absolute Gasteiger partial charge is 0.191 e. The summed E-state index contributed by atoms with van der Waals surface area (Å²) in [4.78, 5) is 0. The Hall–Kier alpha value is -0.180. The number of nitrogens with one attached hydrogen (secondary N) is 1. The van der Waals surface area contributed by atoms with Gasteiger partial charge in [-0.25, -0.2) is 0 Å². The highest BCUT2D eigenvalue weighted by Crippen LogP contribution is 2.00. The van der Waals surface area contributed by atoms with Gasteiger partial charge in [0.1, 0.15) is 0 Å². The molecule has 0 heterocycles. The molecule has 0 spiro atoms. The molecular weight excluding hydrogens is 76.0 g/mol. The van der Waals surface area contributed by atoms with Crippen LogP contribution in [0.25, 0.3) is 0 Å². The normalized spacial score (nSPS) is 12.0. The van der Waals surface area contributed by atoms with Gasteiger partial charge in [-0.15, -0.1) is 0 Å². The summed E-state index contributed by atoms with van der Waals surface area (Å²) in [5, 5.41) is 0. The van der Waals surface area contributed by atoms with E-state index in [1.165, 1.54) is 0 Å². The third kappa shape index (κ3) is 391. The molecule has 3 heteroatoms. The van der Waals surface area contributed by atoms with Crippen LogP contribution in [0.3, 0.4) is 0 Å². The van der Waals surface area contributed by atoms with Crippen molar-refractivity contribution in [2.24, 2.45) is 0 Å². The van der Waals surface area contributed by atoms with Crippen molar-refractivity contribution >= 4 is 0 Å². The quantitative estimate of drug-likeness (QED) is 0.386. The Bertz CT molecular complexity index is 23.1. The van der Waals surface area contributed by atoms with Gasteiger partial charge in [0.05, 0.1) is 0 Å². The Morgan fingerprint density at radius 2 is 1.60 bits per heavy atom. The summed E-state index contributed by atoms with van der Waals surface area (Å²) in [6.07, 6.45) is 0. The van der Waals surface area contributed by atoms with Crippen LogP contribution < -0.4 is 5.73 Å². The SMILES string of the molecule is CC([NH])(F)F. The second-order valence-electron chi connectivity index (χ2n) is 0.888. The third-order valence-corrected chi connectivity index (χ3v) is 0. The zero-order valence-corrected chi connectivity index (χ0v) is 2.76. The minimum Gasteiger partial charge on any atom is -0.191 e. The van der Waals surface area contributed by atoms with Crippen LogP contribution >= 0.6 is 0 Å². The lowest BCUT2D eigenvalue weighted by Crippen LogP contribution is -2.08. The van der Waals surface area contributed by atoms with Crippen molar-refractivity contribution in [3.05, 3.63) is 0 Å². The van der Waals surface area contributed by atoms with E-state index < -0.39 is 6.05 Å². The summed E-state index contributed by atoms with van der Waals surface area (Å²) in [5.74, 6) is 0. The Balaban J connectivity index is 3.02. The highest BCUT2D eigenvalue weighted by Gasteiger charge is 2.10. The molecule has 0 atom stereocenters. The van der Waals surface area contributed by atoms with E-state index in [-0.39, 0.29) is 0 Å². The minimum atomic E-state index is -3.25. The van der Waals surface area contributed by atoms with Crippen LogP contribution in [0.5, 0.6) is 0 Å². The molecule has 0 aromatic rings. The summed E-state index contributed by atoms with van der Waals surface area (Å²) in [5.41, 5.74) is 5.60. The van der Waals surface area contributed by atoms with E-state index in [1.807, 2.05) is 0 Å². The summed E-state index contributed by atoms with van der Waals surface area (Å²) in [6, 6.07) is -3.25. The maximum Gasteiger partial charge on any atom is 0.311 e. The second-order valence-corrected chi connectivity index (χ2v) is 0.888. The van der Waals surface area contributed by atoms with Crippen molar-refractivity contribution in [3.63, 3.8) is 0 Å². The van der Waals surface area contributed by atoms with Gasteiger partial charge in [-0.05, 0) is 0 Å². The predicted octanol–water partition coefficient (Wildman–Crippen LogP) is 0.882. The van der Waals surface area contributed by atoms with Crippen molar-refractivity contribution in [1.29, 1.82) is 0 Å². The zero-order chi connectivity index (χ0) is 4.50. The van der Waals surface area contributed by atoms with Crippen LogP contribution in [0.2, 0.25) is 0 Å². The fourth-order valence-electron chi connectivity index (χ4n) is 0. The van der Waals surface area contributed by atoms with Crippen LogP contribution in [0, 0.1) is 0 Å². The molecular formula is C2H4F2N. The standard InChI is InChI=1S/C2H4F2N/c1-2(3,4)5/h5H,1H3. The van der Waals surface area contributed by atoms with Gasteiger partial charge in [0.25, 0.3) is 0 Å². The summed E-state index contributed by atoms with van der Waals surface area (Å²) < 4.78 is 21.4. The van der Waals surface area contributed by atoms with Crippen molar-refractivity contribution in [2.75, 3.05) is 0 Å². The van der Waals surface area contributed by atoms with Gasteiger partial charge < -0.3 is 0 Å². The average Bonchev–Trinajstić information content (AvgIpc) is 0.722. The third-order valence-electron chi connectivity index (χ3n) is 0. The largest absolute Gasteiger partial charge is 0.311 e. The first-order chi connectivity index (χ1) is 2.00. The fraction of sp³-hybridized carbons (Fsp3) is 1.00. The van der Waals surface area contributed by atoms with Crippen molar-refractivity contribution in [2.45, 2.75) is 13.0 Å². The first kappa shape index (κ1) is 4.82. The van der Waals surface area contributed by atoms with Gasteiger partial charge in [0, 0.05) is 6.92 Å². The fourth-order valence-corrected chi connectivity index (χ4v) is 0. The van der Waals surface area contributed by atoms with E-state index in [9.17, 15) is 8.78 Å². The second kappa shape index (κ2) is 0.897. The molecule has 31 valence electrons. The lowest BCUT2D eigenvalue weighted by molar-refractivity contribution is 0.0207. The lowest BCUT2D eigenvalue weighted by Gasteiger charge is -1.93. The topological polar surface area (TPSA) is 23.8 Å². The van der Waals surface area contributed by atoms with Gasteiger partial charge in [0.2, 0.25) is 0 Å². The van der Waals surface area contributed by atoms with Gasteiger partial charge in [-0.1, -0.05) is 0 Å². The van der Waals surface area contributed by atoms with Crippen LogP contribution in [-0.2, 0) is 0 Å². The molecule has 0 aromatic carbocycles. The van der Waals surface area contributed by atoms with Crippen LogP contribution in [0.4, 0.5) is 8.78 Å². The minimum absolute atomic E-state index is 0.521. The summed E-state index contributed by atoms with van der Waals surface area (Å²) >= 11 is 0. The van der Waals surface area contributed by atoms with E-state index in [2.05, 4.69) is 0 Å². The molecule has 0 saturated heterocycles. The summed E-state index contributed by atoms with van der Waals surface area (Å²) in [6.45, 7) is 0.521. The van der Waals surface area contributed by atoms with Gasteiger partial charge in [-0.3, -0.25) is 0 Å². The molecule has 5 heavy (non-hydrogen) atoms. The Kier molecular flexibility index (Phi) is 0.865. The maximum absolute atomic E-state index is 10.7. The molecule has 0 aromatic heterocycles. The van der Waals surface area contributed by atoms with E-state index in [0.29, 0.717) is 6.92 Å². The predicted molar refractivity (Wildman–Crippen MR) is 13.7 cm³/mol. The molecule has 0 bridgehead atoms. The Labute approximate surface area is 28.8 Å². The number of hydrogen-bond acceptors (Lipinski definition) is 0. The molecule has 0 unspecified atom stereocenters. The number of rotatable bonds is 0. The van der Waals surface area contributed by atoms with Gasteiger partial charge in [0.15, 0.2) is 0 Å². The van der Waals surface area contributed by atoms with Crippen LogP contribution in [0.1, 0.15) is 6.92 Å². The molecule has 0 rings (SSSR count). The van der Waals surface area contributed by atoms with Crippen LogP contribution in [0.15, 0.2) is 0 Å². The highest BCUT2D eigenvalue weighted by atomic mass is 19.3. The number of alkyl halides is 2. The van der Waals surface area contributed by atoms with Crippen LogP contribution in [-0.4, -0.2) is 6.05 Å². The highest BCUT2D eigenvalue weighted by molar-refractivity contribution is 4.35. The van der Waals surface area contributed by atoms with E-state index in [0.717, 1.165) is 0 Å². The lowest BCUT2D eigenvalue weighted by atomic mass is 10.7. The van der Waals surface area contributed by atoms with Crippen molar-refractivity contribution in [1.82, 2.24) is 5.73 Å². The molecule has 0 saturated carbocycles. The molecule has 0 aliphatic rings. The maximum atomic E-state index is 10.7. The Morgan fingerprint density at radius 3 is 1.60 bits per heavy atom. The van der Waals surface area contributed by atoms with Gasteiger partial charge in [-0.2, -0.15) is 14.5 Å². The Morgan fingerprint density at radius 1 is 1.60 bits per heavy atom. The molecule has 0 aliphatic heterocycles. The molecule has 1 N–H and O–H groups in total. The van der Waals surface area contributed by atoms with E-state index in [1.54, 1.807) is 0 Å². The van der Waals surface area contributed by atoms with E-state index in [4.69, 9.17) is 5.73 Å². The molecule has 0 aliphatic carbocycles. The number of hydrogen-bond donors (Lipinski definition) is 0. The molecule has 0 amide bonds. The van der Waals surface area contributed by atoms with Gasteiger partial charge >= 0.3 is 6.05 Å². The van der Waals surface area contributed by atoms with Crippen molar-refractivity contribution < 1.29 is 8.78 Å². The first-order valence-electron chi connectivity index (χ1n) is 1.13. The molecule has 0 fully saturated rings. The summed E-state index contributed by atoms with van der Waals surface area (Å²) in [7, 11) is 0. The number of halogens is 2. The molecule has 1 nitrogen and oxygen atoms in total. The average molecular weight is 80.1 g/mol. The molecule has 1 radical (unpaired) electrons. The zero-order valence-electron chi connectivity index (χ0n) is 2.76. The monoisotopic (exact) mass is 80.0 g/mol. The first-order valence-corrected chi connectivity index (χ1v) is 1.13.